The van der Waals surface area contributed by atoms with E-state index in [1.165, 1.54) is 0 Å². The van der Waals surface area contributed by atoms with Crippen molar-refractivity contribution in [2.75, 3.05) is 0 Å². The van der Waals surface area contributed by atoms with E-state index < -0.39 is 3.12 Å². The van der Waals surface area contributed by atoms with Crippen LogP contribution in [-0.4, -0.2) is 13.3 Å². The molecule has 0 spiro atoms. The van der Waals surface area contributed by atoms with Gasteiger partial charge >= 0.3 is 0 Å². The fraction of sp³-hybridized carbons (Fsp3) is 0.250. The maximum Gasteiger partial charge on any atom is 0.242 e. The molecule has 0 saturated heterocycles. The summed E-state index contributed by atoms with van der Waals surface area (Å²) in [7, 11) is 0. The number of thioether (sulfide) groups is 1. The standard InChI is InChI=1S/C4H3Cl3N2S/c5-4(6,7)10-3-1-8-9-2-3/h1-2H,(H,8,9). The maximum absolute atomic E-state index is 5.48. The fourth-order valence-corrected chi connectivity index (χ4v) is 1.71. The van der Waals surface area contributed by atoms with Gasteiger partial charge in [0, 0.05) is 11.1 Å². The molecule has 1 rings (SSSR count). The Bertz CT molecular complexity index is 193. The molecule has 1 N–H and O–H groups in total. The molecule has 0 aliphatic carbocycles. The lowest BCUT2D eigenvalue weighted by Crippen LogP contribution is -1.91. The lowest BCUT2D eigenvalue weighted by atomic mass is 10.7. The van der Waals surface area contributed by atoms with Gasteiger partial charge in [-0.1, -0.05) is 46.6 Å². The summed E-state index contributed by atoms with van der Waals surface area (Å²) in [5, 5.41) is 6.29. The summed E-state index contributed by atoms with van der Waals surface area (Å²) in [5.41, 5.74) is 0. The van der Waals surface area contributed by atoms with Crippen molar-refractivity contribution in [1.29, 1.82) is 0 Å². The fourth-order valence-electron chi connectivity index (χ4n) is 0.428. The van der Waals surface area contributed by atoms with Crippen LogP contribution in [0.2, 0.25) is 0 Å². The Morgan fingerprint density at radius 3 is 2.60 bits per heavy atom. The van der Waals surface area contributed by atoms with Crippen LogP contribution < -0.4 is 0 Å². The number of hydrogen-bond donors (Lipinski definition) is 1. The van der Waals surface area contributed by atoms with E-state index in [4.69, 9.17) is 34.8 Å². The Morgan fingerprint density at radius 2 is 2.20 bits per heavy atom. The first kappa shape index (κ1) is 8.53. The predicted molar refractivity (Wildman–Crippen MR) is 44.7 cm³/mol. The van der Waals surface area contributed by atoms with E-state index in [2.05, 4.69) is 10.2 Å². The van der Waals surface area contributed by atoms with Crippen molar-refractivity contribution in [3.8, 4) is 0 Å². The Labute approximate surface area is 77.2 Å². The summed E-state index contributed by atoms with van der Waals surface area (Å²) in [6.45, 7) is 0. The zero-order valence-electron chi connectivity index (χ0n) is 4.64. The number of aromatic amines is 1. The van der Waals surface area contributed by atoms with Gasteiger partial charge in [-0.05, 0) is 0 Å². The molecule has 6 heteroatoms. The molecule has 0 fully saturated rings. The molecule has 1 heterocycles. The second-order valence-corrected chi connectivity index (χ2v) is 5.72. The van der Waals surface area contributed by atoms with Gasteiger partial charge in [0.1, 0.15) is 0 Å². The second-order valence-electron chi connectivity index (χ2n) is 1.48. The highest BCUT2D eigenvalue weighted by Gasteiger charge is 2.21. The normalized spacial score (nSPS) is 11.9. The highest BCUT2D eigenvalue weighted by Crippen LogP contribution is 2.42. The van der Waals surface area contributed by atoms with Crippen LogP contribution >= 0.6 is 46.6 Å². The summed E-state index contributed by atoms with van der Waals surface area (Å²) in [6, 6.07) is 0. The van der Waals surface area contributed by atoms with Gasteiger partial charge in [-0.15, -0.1) is 0 Å². The van der Waals surface area contributed by atoms with Crippen LogP contribution in [0.15, 0.2) is 17.3 Å². The third-order valence-corrected chi connectivity index (χ3v) is 2.09. The van der Waals surface area contributed by atoms with Gasteiger partial charge in [0.05, 0.1) is 6.20 Å². The van der Waals surface area contributed by atoms with Crippen molar-refractivity contribution in [3.05, 3.63) is 12.4 Å². The van der Waals surface area contributed by atoms with Crippen LogP contribution in [0.1, 0.15) is 0 Å². The van der Waals surface area contributed by atoms with E-state index in [9.17, 15) is 0 Å². The molecule has 0 bridgehead atoms. The van der Waals surface area contributed by atoms with E-state index in [-0.39, 0.29) is 0 Å². The van der Waals surface area contributed by atoms with Crippen molar-refractivity contribution in [3.63, 3.8) is 0 Å². The van der Waals surface area contributed by atoms with Crippen LogP contribution in [0.25, 0.3) is 0 Å². The number of nitrogens with one attached hydrogen (secondary N) is 1. The molecule has 2 nitrogen and oxygen atoms in total. The van der Waals surface area contributed by atoms with Gasteiger partial charge in [-0.3, -0.25) is 5.10 Å². The number of hydrogen-bond acceptors (Lipinski definition) is 2. The first-order chi connectivity index (χ1) is 4.58. The predicted octanol–water partition coefficient (Wildman–Crippen LogP) is 2.83. The topological polar surface area (TPSA) is 28.7 Å². The zero-order valence-corrected chi connectivity index (χ0v) is 7.73. The van der Waals surface area contributed by atoms with Crippen LogP contribution in [0.5, 0.6) is 0 Å². The highest BCUT2D eigenvalue weighted by atomic mass is 35.6. The molecule has 0 aromatic carbocycles. The summed E-state index contributed by atoms with van der Waals surface area (Å²) >= 11 is 17.5. The van der Waals surface area contributed by atoms with Crippen LogP contribution in [0.3, 0.4) is 0 Å². The lowest BCUT2D eigenvalue weighted by Gasteiger charge is -2.06. The molecule has 1 aromatic rings. The molecule has 56 valence electrons. The number of aromatic nitrogens is 2. The molecule has 1 aromatic heterocycles. The first-order valence-electron chi connectivity index (χ1n) is 2.32. The molecule has 10 heavy (non-hydrogen) atoms. The summed E-state index contributed by atoms with van der Waals surface area (Å²) in [4.78, 5) is 0.806. The van der Waals surface area contributed by atoms with E-state index in [0.29, 0.717) is 0 Å². The molecule has 0 atom stereocenters. The summed E-state index contributed by atoms with van der Waals surface area (Å²) in [6.07, 6.45) is 3.25. The van der Waals surface area contributed by atoms with Gasteiger partial charge in [0.25, 0.3) is 0 Å². The maximum atomic E-state index is 5.48. The molecule has 0 unspecified atom stereocenters. The molecule has 0 radical (unpaired) electrons. The molecule has 0 aliphatic heterocycles. The number of halogens is 3. The van der Waals surface area contributed by atoms with Crippen molar-refractivity contribution >= 4 is 46.6 Å². The van der Waals surface area contributed by atoms with Gasteiger partial charge < -0.3 is 0 Å². The van der Waals surface area contributed by atoms with Crippen molar-refractivity contribution in [2.45, 2.75) is 8.02 Å². The third kappa shape index (κ3) is 3.01. The molecule has 0 amide bonds. The minimum Gasteiger partial charge on any atom is -0.285 e. The van der Waals surface area contributed by atoms with Gasteiger partial charge in [0.2, 0.25) is 3.12 Å². The van der Waals surface area contributed by atoms with Gasteiger partial charge in [-0.25, -0.2) is 0 Å². The van der Waals surface area contributed by atoms with E-state index in [1.54, 1.807) is 12.4 Å². The second kappa shape index (κ2) is 3.22. The van der Waals surface area contributed by atoms with E-state index in [1.807, 2.05) is 0 Å². The van der Waals surface area contributed by atoms with Crippen molar-refractivity contribution < 1.29 is 0 Å². The number of nitrogens with zero attached hydrogens (tertiary/aromatic N) is 1. The molecule has 0 aliphatic rings. The third-order valence-electron chi connectivity index (χ3n) is 0.707. The number of rotatable bonds is 1. The Kier molecular flexibility index (Phi) is 2.74. The van der Waals surface area contributed by atoms with Crippen molar-refractivity contribution in [2.24, 2.45) is 0 Å². The molecular weight excluding hydrogens is 214 g/mol. The number of H-pyrrole nitrogens is 1. The average Bonchev–Trinajstić information content (AvgIpc) is 2.12. The Morgan fingerprint density at radius 1 is 1.50 bits per heavy atom. The SMILES string of the molecule is ClC(Cl)(Cl)Sc1cn[nH]c1. The van der Waals surface area contributed by atoms with Gasteiger partial charge in [-0.2, -0.15) is 5.10 Å². The minimum absolute atomic E-state index is 0.806. The van der Waals surface area contributed by atoms with Crippen LogP contribution in [0.4, 0.5) is 0 Å². The Balaban J connectivity index is 2.57. The number of alkyl halides is 3. The first-order valence-corrected chi connectivity index (χ1v) is 4.27. The monoisotopic (exact) mass is 216 g/mol. The quantitative estimate of drug-likeness (QED) is 0.579. The van der Waals surface area contributed by atoms with Crippen LogP contribution in [-0.2, 0) is 0 Å². The summed E-state index contributed by atoms with van der Waals surface area (Å²) < 4.78 is -1.30. The lowest BCUT2D eigenvalue weighted by molar-refractivity contribution is 1.09. The smallest absolute Gasteiger partial charge is 0.242 e. The van der Waals surface area contributed by atoms with E-state index in [0.717, 1.165) is 16.7 Å². The molecular formula is C4H3Cl3N2S. The van der Waals surface area contributed by atoms with E-state index >= 15 is 0 Å². The highest BCUT2D eigenvalue weighted by molar-refractivity contribution is 8.04. The zero-order chi connectivity index (χ0) is 7.61. The molecule has 0 saturated carbocycles. The van der Waals surface area contributed by atoms with Crippen molar-refractivity contribution in [1.82, 2.24) is 10.2 Å². The average molecular weight is 218 g/mol. The summed E-state index contributed by atoms with van der Waals surface area (Å²) in [5.74, 6) is 0. The van der Waals surface area contributed by atoms with Gasteiger partial charge in [0.15, 0.2) is 0 Å². The van der Waals surface area contributed by atoms with Crippen LogP contribution in [0, 0.1) is 0 Å². The largest absolute Gasteiger partial charge is 0.285 e. The Hall–Kier alpha value is 0.430. The minimum atomic E-state index is -1.30.